The first-order valence-electron chi connectivity index (χ1n) is 5.93. The highest BCUT2D eigenvalue weighted by Crippen LogP contribution is 2.34. The van der Waals surface area contributed by atoms with Crippen LogP contribution in [0.2, 0.25) is 0 Å². The molecule has 0 bridgehead atoms. The Morgan fingerprint density at radius 2 is 1.82 bits per heavy atom. The van der Waals surface area contributed by atoms with Crippen molar-refractivity contribution < 1.29 is 9.52 Å². The summed E-state index contributed by atoms with van der Waals surface area (Å²) >= 11 is 0. The highest BCUT2D eigenvalue weighted by atomic mass is 16.3. The van der Waals surface area contributed by atoms with Crippen LogP contribution in [0.1, 0.15) is 36.7 Å². The first kappa shape index (κ1) is 11.9. The van der Waals surface area contributed by atoms with Crippen LogP contribution in [0, 0.1) is 6.92 Å². The lowest BCUT2D eigenvalue weighted by Crippen LogP contribution is -1.92. The molecule has 1 aromatic heterocycles. The van der Waals surface area contributed by atoms with Crippen LogP contribution >= 0.6 is 0 Å². The maximum absolute atomic E-state index is 9.45. The van der Waals surface area contributed by atoms with Crippen molar-refractivity contribution in [2.75, 3.05) is 0 Å². The minimum atomic E-state index is 0.0374. The Labute approximate surface area is 102 Å². The summed E-state index contributed by atoms with van der Waals surface area (Å²) in [6.45, 7) is 6.19. The van der Waals surface area contributed by atoms with Gasteiger partial charge in [0, 0.05) is 22.6 Å². The molecule has 0 saturated heterocycles. The van der Waals surface area contributed by atoms with Gasteiger partial charge in [0.1, 0.15) is 11.5 Å². The number of aliphatic hydroxyl groups excluding tert-OH is 1. The summed E-state index contributed by atoms with van der Waals surface area (Å²) in [6.07, 6.45) is 0. The maximum Gasteiger partial charge on any atom is 0.137 e. The van der Waals surface area contributed by atoms with Crippen molar-refractivity contribution >= 4 is 0 Å². The summed E-state index contributed by atoms with van der Waals surface area (Å²) in [5.41, 5.74) is 3.04. The normalized spacial score (nSPS) is 11.1. The van der Waals surface area contributed by atoms with Crippen molar-refractivity contribution in [1.29, 1.82) is 0 Å². The van der Waals surface area contributed by atoms with E-state index in [1.807, 2.05) is 37.3 Å². The topological polar surface area (TPSA) is 33.4 Å². The second kappa shape index (κ2) is 4.76. The number of hydrogen-bond acceptors (Lipinski definition) is 2. The molecule has 1 N–H and O–H groups in total. The van der Waals surface area contributed by atoms with E-state index in [1.54, 1.807) is 0 Å². The second-order valence-electron chi connectivity index (χ2n) is 4.58. The van der Waals surface area contributed by atoms with E-state index in [9.17, 15) is 5.11 Å². The van der Waals surface area contributed by atoms with Gasteiger partial charge in [-0.05, 0) is 6.92 Å². The Kier molecular flexibility index (Phi) is 3.34. The molecule has 17 heavy (non-hydrogen) atoms. The summed E-state index contributed by atoms with van der Waals surface area (Å²) < 4.78 is 5.92. The Morgan fingerprint density at radius 3 is 2.29 bits per heavy atom. The number of aliphatic hydroxyl groups is 1. The van der Waals surface area contributed by atoms with Crippen LogP contribution < -0.4 is 0 Å². The minimum absolute atomic E-state index is 0.0374. The van der Waals surface area contributed by atoms with Gasteiger partial charge >= 0.3 is 0 Å². The van der Waals surface area contributed by atoms with Gasteiger partial charge in [0.25, 0.3) is 0 Å². The van der Waals surface area contributed by atoms with Gasteiger partial charge in [0.15, 0.2) is 0 Å². The van der Waals surface area contributed by atoms with E-state index in [2.05, 4.69) is 13.8 Å². The molecule has 2 aromatic rings. The number of benzene rings is 1. The van der Waals surface area contributed by atoms with E-state index in [-0.39, 0.29) is 12.5 Å². The molecule has 1 aromatic carbocycles. The van der Waals surface area contributed by atoms with Crippen molar-refractivity contribution in [2.45, 2.75) is 33.3 Å². The molecule has 2 nitrogen and oxygen atoms in total. The first-order chi connectivity index (χ1) is 8.15. The van der Waals surface area contributed by atoms with Crippen LogP contribution in [0.25, 0.3) is 11.3 Å². The van der Waals surface area contributed by atoms with Crippen LogP contribution in [-0.2, 0) is 6.61 Å². The van der Waals surface area contributed by atoms with Crippen LogP contribution in [-0.4, -0.2) is 5.11 Å². The van der Waals surface area contributed by atoms with Gasteiger partial charge in [-0.15, -0.1) is 0 Å². The fraction of sp³-hybridized carbons (Fsp3) is 0.333. The van der Waals surface area contributed by atoms with E-state index in [4.69, 9.17) is 4.42 Å². The van der Waals surface area contributed by atoms with Crippen LogP contribution in [0.3, 0.4) is 0 Å². The van der Waals surface area contributed by atoms with E-state index >= 15 is 0 Å². The Morgan fingerprint density at radius 1 is 1.18 bits per heavy atom. The van der Waals surface area contributed by atoms with Crippen molar-refractivity contribution in [1.82, 2.24) is 0 Å². The smallest absolute Gasteiger partial charge is 0.137 e. The predicted octanol–water partition coefficient (Wildman–Crippen LogP) is 3.87. The zero-order valence-electron chi connectivity index (χ0n) is 10.5. The van der Waals surface area contributed by atoms with Crippen molar-refractivity contribution in [3.8, 4) is 11.3 Å². The Hall–Kier alpha value is -1.54. The molecule has 0 fully saturated rings. The monoisotopic (exact) mass is 230 g/mol. The lowest BCUT2D eigenvalue weighted by atomic mass is 10.0. The van der Waals surface area contributed by atoms with Crippen molar-refractivity contribution in [3.63, 3.8) is 0 Å². The average Bonchev–Trinajstić information content (AvgIpc) is 2.67. The van der Waals surface area contributed by atoms with Gasteiger partial charge in [-0.1, -0.05) is 44.2 Å². The third kappa shape index (κ3) is 2.13. The molecule has 0 atom stereocenters. The molecule has 2 rings (SSSR count). The Bertz CT molecular complexity index is 495. The van der Waals surface area contributed by atoms with Crippen molar-refractivity contribution in [3.05, 3.63) is 47.2 Å². The second-order valence-corrected chi connectivity index (χ2v) is 4.58. The molecule has 0 saturated carbocycles. The van der Waals surface area contributed by atoms with Gasteiger partial charge in [-0.2, -0.15) is 0 Å². The Balaban J connectivity index is 2.57. The summed E-state index contributed by atoms with van der Waals surface area (Å²) in [6, 6.07) is 10.0. The lowest BCUT2D eigenvalue weighted by molar-refractivity contribution is 0.276. The molecule has 1 heterocycles. The average molecular weight is 230 g/mol. The number of furan rings is 1. The quantitative estimate of drug-likeness (QED) is 0.868. The molecule has 2 heteroatoms. The molecule has 0 amide bonds. The maximum atomic E-state index is 9.45. The van der Waals surface area contributed by atoms with E-state index in [1.165, 1.54) is 0 Å². The largest absolute Gasteiger partial charge is 0.460 e. The van der Waals surface area contributed by atoms with Crippen LogP contribution in [0.4, 0.5) is 0 Å². The minimum Gasteiger partial charge on any atom is -0.460 e. The molecule has 0 radical (unpaired) electrons. The van der Waals surface area contributed by atoms with Gasteiger partial charge in [-0.25, -0.2) is 0 Å². The molecule has 0 unspecified atom stereocenters. The molecule has 0 aliphatic carbocycles. The summed E-state index contributed by atoms with van der Waals surface area (Å²) in [5.74, 6) is 2.05. The van der Waals surface area contributed by atoms with Crippen LogP contribution in [0.5, 0.6) is 0 Å². The number of hydrogen-bond donors (Lipinski definition) is 1. The lowest BCUT2D eigenvalue weighted by Gasteiger charge is -2.02. The molecular formula is C15H18O2. The van der Waals surface area contributed by atoms with E-state index in [0.717, 1.165) is 28.2 Å². The fourth-order valence-electron chi connectivity index (χ4n) is 2.10. The summed E-state index contributed by atoms with van der Waals surface area (Å²) in [7, 11) is 0. The molecule has 90 valence electrons. The van der Waals surface area contributed by atoms with Crippen LogP contribution in [0.15, 0.2) is 34.7 Å². The number of rotatable bonds is 3. The molecular weight excluding hydrogens is 212 g/mol. The predicted molar refractivity (Wildman–Crippen MR) is 68.9 cm³/mol. The van der Waals surface area contributed by atoms with Gasteiger partial charge in [0.2, 0.25) is 0 Å². The van der Waals surface area contributed by atoms with Crippen molar-refractivity contribution in [2.24, 2.45) is 0 Å². The molecule has 0 aliphatic rings. The molecule has 0 aliphatic heterocycles. The van der Waals surface area contributed by atoms with Gasteiger partial charge < -0.3 is 9.52 Å². The summed E-state index contributed by atoms with van der Waals surface area (Å²) in [4.78, 5) is 0. The third-order valence-electron chi connectivity index (χ3n) is 3.02. The highest BCUT2D eigenvalue weighted by Gasteiger charge is 2.19. The third-order valence-corrected chi connectivity index (χ3v) is 3.02. The highest BCUT2D eigenvalue weighted by molar-refractivity contribution is 5.63. The summed E-state index contributed by atoms with van der Waals surface area (Å²) in [5, 5.41) is 9.45. The SMILES string of the molecule is Cc1c(-c2ccccc2)oc(C(C)C)c1CO. The van der Waals surface area contributed by atoms with E-state index < -0.39 is 0 Å². The first-order valence-corrected chi connectivity index (χ1v) is 5.93. The zero-order chi connectivity index (χ0) is 12.4. The van der Waals surface area contributed by atoms with E-state index in [0.29, 0.717) is 0 Å². The van der Waals surface area contributed by atoms with Gasteiger partial charge in [0.05, 0.1) is 6.61 Å². The zero-order valence-corrected chi connectivity index (χ0v) is 10.5. The standard InChI is InChI=1S/C15H18O2/c1-10(2)14-13(9-16)11(3)15(17-14)12-7-5-4-6-8-12/h4-8,10,16H,9H2,1-3H3. The fourth-order valence-corrected chi connectivity index (χ4v) is 2.10. The van der Waals surface area contributed by atoms with Gasteiger partial charge in [-0.3, -0.25) is 0 Å². The molecule has 0 spiro atoms.